The Morgan fingerprint density at radius 1 is 1.36 bits per heavy atom. The molecule has 0 aromatic carbocycles. The van der Waals surface area contributed by atoms with E-state index in [1.807, 2.05) is 0 Å². The highest BCUT2D eigenvalue weighted by Crippen LogP contribution is 2.14. The quantitative estimate of drug-likeness (QED) is 0.717. The maximum absolute atomic E-state index is 12.5. The van der Waals surface area contributed by atoms with Gasteiger partial charge < -0.3 is 20.1 Å². The molecule has 8 heteroatoms. The van der Waals surface area contributed by atoms with E-state index in [1.165, 1.54) is 0 Å². The normalized spacial score (nSPS) is 16.9. The molecule has 2 N–H and O–H groups in total. The second-order valence-corrected chi connectivity index (χ2v) is 5.83. The van der Waals surface area contributed by atoms with Crippen molar-refractivity contribution in [1.29, 1.82) is 0 Å². The van der Waals surface area contributed by atoms with Gasteiger partial charge in [0.1, 0.15) is 0 Å². The number of hydrogen-bond acceptors (Lipinski definition) is 5. The SMILES string of the molecule is COCCNC(=O)c1nc(C(=O)NCC2CCCO2)n2ccccc12. The number of pyridine rings is 1. The van der Waals surface area contributed by atoms with Crippen LogP contribution < -0.4 is 10.6 Å². The first-order valence-electron chi connectivity index (χ1n) is 8.34. The maximum atomic E-state index is 12.5. The third-order valence-corrected chi connectivity index (χ3v) is 4.07. The highest BCUT2D eigenvalue weighted by Gasteiger charge is 2.22. The molecule has 1 aliphatic heterocycles. The molecule has 2 aromatic heterocycles. The van der Waals surface area contributed by atoms with Crippen LogP contribution in [0.4, 0.5) is 0 Å². The lowest BCUT2D eigenvalue weighted by Crippen LogP contribution is -2.33. The molecule has 8 nitrogen and oxygen atoms in total. The van der Waals surface area contributed by atoms with Crippen LogP contribution in [-0.2, 0) is 9.47 Å². The summed E-state index contributed by atoms with van der Waals surface area (Å²) in [6, 6.07) is 5.35. The van der Waals surface area contributed by atoms with E-state index < -0.39 is 0 Å². The Morgan fingerprint density at radius 3 is 3.00 bits per heavy atom. The van der Waals surface area contributed by atoms with Crippen molar-refractivity contribution >= 4 is 17.3 Å². The van der Waals surface area contributed by atoms with E-state index in [1.54, 1.807) is 35.9 Å². The number of rotatable bonds is 7. The van der Waals surface area contributed by atoms with E-state index in [-0.39, 0.29) is 29.4 Å². The molecule has 0 saturated carbocycles. The molecule has 2 amide bonds. The van der Waals surface area contributed by atoms with Gasteiger partial charge in [0, 0.05) is 33.0 Å². The molecule has 0 radical (unpaired) electrons. The van der Waals surface area contributed by atoms with Crippen molar-refractivity contribution in [2.75, 3.05) is 33.4 Å². The number of imidazole rings is 1. The molecule has 1 aliphatic rings. The Morgan fingerprint density at radius 2 is 2.24 bits per heavy atom. The minimum atomic E-state index is -0.334. The monoisotopic (exact) mass is 346 g/mol. The Hall–Kier alpha value is -2.45. The first-order valence-corrected chi connectivity index (χ1v) is 8.34. The zero-order valence-corrected chi connectivity index (χ0v) is 14.2. The number of carbonyl (C=O) groups excluding carboxylic acids is 2. The predicted molar refractivity (Wildman–Crippen MR) is 90.7 cm³/mol. The average Bonchev–Trinajstić information content (AvgIpc) is 3.27. The van der Waals surface area contributed by atoms with Crippen LogP contribution in [0, 0.1) is 0 Å². The van der Waals surface area contributed by atoms with Crippen LogP contribution in [0.1, 0.15) is 33.9 Å². The molecular weight excluding hydrogens is 324 g/mol. The number of amides is 2. The molecule has 134 valence electrons. The van der Waals surface area contributed by atoms with Crippen LogP contribution in [-0.4, -0.2) is 60.7 Å². The van der Waals surface area contributed by atoms with Gasteiger partial charge in [-0.05, 0) is 25.0 Å². The van der Waals surface area contributed by atoms with Crippen molar-refractivity contribution in [3.8, 4) is 0 Å². The summed E-state index contributed by atoms with van der Waals surface area (Å²) in [6.07, 6.45) is 3.72. The van der Waals surface area contributed by atoms with Crippen molar-refractivity contribution in [3.63, 3.8) is 0 Å². The highest BCUT2D eigenvalue weighted by atomic mass is 16.5. The molecule has 3 heterocycles. The van der Waals surface area contributed by atoms with E-state index in [9.17, 15) is 9.59 Å². The number of carbonyl (C=O) groups is 2. The highest BCUT2D eigenvalue weighted by molar-refractivity contribution is 6.02. The first kappa shape index (κ1) is 17.4. The Balaban J connectivity index is 1.78. The summed E-state index contributed by atoms with van der Waals surface area (Å²) >= 11 is 0. The van der Waals surface area contributed by atoms with Crippen LogP contribution in [0.5, 0.6) is 0 Å². The average molecular weight is 346 g/mol. The molecule has 1 saturated heterocycles. The summed E-state index contributed by atoms with van der Waals surface area (Å²) in [7, 11) is 1.56. The summed E-state index contributed by atoms with van der Waals surface area (Å²) < 4.78 is 12.1. The summed E-state index contributed by atoms with van der Waals surface area (Å²) in [5.74, 6) is -0.475. The third kappa shape index (κ3) is 3.97. The van der Waals surface area contributed by atoms with E-state index in [2.05, 4.69) is 15.6 Å². The lowest BCUT2D eigenvalue weighted by molar-refractivity contribution is 0.0848. The fourth-order valence-corrected chi connectivity index (χ4v) is 2.81. The van der Waals surface area contributed by atoms with Crippen molar-refractivity contribution in [2.24, 2.45) is 0 Å². The molecular formula is C17H22N4O4. The maximum Gasteiger partial charge on any atom is 0.287 e. The number of nitrogens with zero attached hydrogens (tertiary/aromatic N) is 2. The second-order valence-electron chi connectivity index (χ2n) is 5.83. The molecule has 1 atom stereocenters. The predicted octanol–water partition coefficient (Wildman–Crippen LogP) is 0.619. The van der Waals surface area contributed by atoms with Gasteiger partial charge in [-0.25, -0.2) is 4.98 Å². The number of nitrogens with one attached hydrogen (secondary N) is 2. The first-order chi connectivity index (χ1) is 12.2. The fourth-order valence-electron chi connectivity index (χ4n) is 2.81. The number of hydrogen-bond donors (Lipinski definition) is 2. The van der Waals surface area contributed by atoms with Crippen molar-refractivity contribution in [2.45, 2.75) is 18.9 Å². The third-order valence-electron chi connectivity index (χ3n) is 4.07. The number of aromatic nitrogens is 2. The number of methoxy groups -OCH3 is 1. The van der Waals surface area contributed by atoms with Gasteiger partial charge in [0.15, 0.2) is 5.69 Å². The van der Waals surface area contributed by atoms with Gasteiger partial charge in [0.25, 0.3) is 11.8 Å². The summed E-state index contributed by atoms with van der Waals surface area (Å²) in [4.78, 5) is 29.1. The van der Waals surface area contributed by atoms with Crippen LogP contribution >= 0.6 is 0 Å². The lowest BCUT2D eigenvalue weighted by atomic mass is 10.2. The number of fused-ring (bicyclic) bond motifs is 1. The molecule has 2 aromatic rings. The van der Waals surface area contributed by atoms with E-state index in [0.29, 0.717) is 25.2 Å². The summed E-state index contributed by atoms with van der Waals surface area (Å²) in [5, 5.41) is 5.57. The molecule has 1 fully saturated rings. The van der Waals surface area contributed by atoms with Crippen molar-refractivity contribution in [1.82, 2.24) is 20.0 Å². The summed E-state index contributed by atoms with van der Waals surface area (Å²) in [6.45, 7) is 1.96. The van der Waals surface area contributed by atoms with Crippen molar-refractivity contribution < 1.29 is 19.1 Å². The zero-order chi connectivity index (χ0) is 17.6. The van der Waals surface area contributed by atoms with Gasteiger partial charge in [-0.1, -0.05) is 6.07 Å². The standard InChI is InChI=1S/C17H22N4O4/c1-24-10-7-18-16(22)14-13-6-2-3-8-21(13)15(20-14)17(23)19-11-12-5-4-9-25-12/h2-3,6,8,12H,4-5,7,9-11H2,1H3,(H,18,22)(H,19,23). The number of ether oxygens (including phenoxy) is 2. The second kappa shape index (κ2) is 8.09. The topological polar surface area (TPSA) is 94.0 Å². The van der Waals surface area contributed by atoms with Gasteiger partial charge in [-0.3, -0.25) is 14.0 Å². The summed E-state index contributed by atoms with van der Waals surface area (Å²) in [5.41, 5.74) is 0.804. The van der Waals surface area contributed by atoms with Crippen LogP contribution in [0.15, 0.2) is 24.4 Å². The molecule has 0 aliphatic carbocycles. The lowest BCUT2D eigenvalue weighted by Gasteiger charge is -2.10. The van der Waals surface area contributed by atoms with Gasteiger partial charge >= 0.3 is 0 Å². The zero-order valence-electron chi connectivity index (χ0n) is 14.2. The molecule has 1 unspecified atom stereocenters. The van der Waals surface area contributed by atoms with E-state index in [4.69, 9.17) is 9.47 Å². The van der Waals surface area contributed by atoms with Gasteiger partial charge in [-0.15, -0.1) is 0 Å². The van der Waals surface area contributed by atoms with E-state index in [0.717, 1.165) is 19.4 Å². The minimum absolute atomic E-state index is 0.0481. The molecule has 3 rings (SSSR count). The molecule has 0 bridgehead atoms. The fraction of sp³-hybridized carbons (Fsp3) is 0.471. The van der Waals surface area contributed by atoms with Crippen LogP contribution in [0.2, 0.25) is 0 Å². The van der Waals surface area contributed by atoms with Gasteiger partial charge in [0.2, 0.25) is 5.82 Å². The van der Waals surface area contributed by atoms with Crippen molar-refractivity contribution in [3.05, 3.63) is 35.9 Å². The van der Waals surface area contributed by atoms with E-state index >= 15 is 0 Å². The van der Waals surface area contributed by atoms with Crippen LogP contribution in [0.25, 0.3) is 5.52 Å². The Bertz CT molecular complexity index is 752. The smallest absolute Gasteiger partial charge is 0.287 e. The minimum Gasteiger partial charge on any atom is -0.383 e. The molecule has 25 heavy (non-hydrogen) atoms. The van der Waals surface area contributed by atoms with Gasteiger partial charge in [-0.2, -0.15) is 0 Å². The largest absolute Gasteiger partial charge is 0.383 e. The Kier molecular flexibility index (Phi) is 5.62. The van der Waals surface area contributed by atoms with Gasteiger partial charge in [0.05, 0.1) is 18.2 Å². The Labute approximate surface area is 145 Å². The molecule has 0 spiro atoms. The van der Waals surface area contributed by atoms with Crippen LogP contribution in [0.3, 0.4) is 0 Å².